The number of nitrogens with one attached hydrogen (secondary N) is 1. The van der Waals surface area contributed by atoms with Crippen molar-refractivity contribution in [3.8, 4) is 5.75 Å². The quantitative estimate of drug-likeness (QED) is 0.339. The van der Waals surface area contributed by atoms with Gasteiger partial charge < -0.3 is 10.1 Å². The van der Waals surface area contributed by atoms with E-state index in [1.54, 1.807) is 0 Å². The van der Waals surface area contributed by atoms with Gasteiger partial charge in [0.05, 0.1) is 6.04 Å². The smallest absolute Gasteiger partial charge is 0.162 e. The van der Waals surface area contributed by atoms with Crippen molar-refractivity contribution in [3.63, 3.8) is 0 Å². The summed E-state index contributed by atoms with van der Waals surface area (Å²) in [5.41, 5.74) is 6.58. The van der Waals surface area contributed by atoms with E-state index in [-0.39, 0.29) is 17.2 Å². The van der Waals surface area contributed by atoms with Crippen LogP contribution in [0.3, 0.4) is 0 Å². The van der Waals surface area contributed by atoms with Crippen LogP contribution in [0.1, 0.15) is 49.4 Å². The molecule has 1 N–H and O–H groups in total. The Hall–Kier alpha value is -3.85. The van der Waals surface area contributed by atoms with Gasteiger partial charge in [0, 0.05) is 23.2 Å². The number of fused-ring (bicyclic) bond motifs is 4. The number of carbonyl (C=O) groups is 1. The summed E-state index contributed by atoms with van der Waals surface area (Å²) >= 11 is 0. The van der Waals surface area contributed by atoms with Crippen LogP contribution >= 0.6 is 0 Å². The molecule has 4 aromatic carbocycles. The first kappa shape index (κ1) is 21.7. The molecule has 35 heavy (non-hydrogen) atoms. The second-order valence-electron chi connectivity index (χ2n) is 10.5. The molecule has 0 unspecified atom stereocenters. The summed E-state index contributed by atoms with van der Waals surface area (Å²) in [6.45, 7) is 4.94. The van der Waals surface area contributed by atoms with Gasteiger partial charge in [-0.2, -0.15) is 0 Å². The Labute approximate surface area is 206 Å². The Morgan fingerprint density at radius 2 is 1.60 bits per heavy atom. The molecule has 0 radical (unpaired) electrons. The number of benzene rings is 4. The van der Waals surface area contributed by atoms with Crippen LogP contribution in [0, 0.1) is 5.41 Å². The Morgan fingerprint density at radius 3 is 2.40 bits per heavy atom. The lowest BCUT2D eigenvalue weighted by atomic mass is 9.68. The number of anilines is 1. The molecular weight excluding hydrogens is 430 g/mol. The first-order chi connectivity index (χ1) is 17.0. The second-order valence-corrected chi connectivity index (χ2v) is 10.5. The highest BCUT2D eigenvalue weighted by Crippen LogP contribution is 2.52. The van der Waals surface area contributed by atoms with Crippen LogP contribution in [-0.4, -0.2) is 5.78 Å². The zero-order valence-corrected chi connectivity index (χ0v) is 20.2. The number of hydrogen-bond acceptors (Lipinski definition) is 3. The van der Waals surface area contributed by atoms with Crippen LogP contribution in [0.2, 0.25) is 0 Å². The Bertz CT molecular complexity index is 1450. The first-order valence-corrected chi connectivity index (χ1v) is 12.3. The maximum Gasteiger partial charge on any atom is 0.162 e. The number of rotatable bonds is 4. The lowest BCUT2D eigenvalue weighted by molar-refractivity contribution is -0.118. The van der Waals surface area contributed by atoms with Gasteiger partial charge in [0.2, 0.25) is 0 Å². The number of hydrogen-bond donors (Lipinski definition) is 1. The van der Waals surface area contributed by atoms with Crippen molar-refractivity contribution in [1.29, 1.82) is 0 Å². The van der Waals surface area contributed by atoms with Gasteiger partial charge in [-0.3, -0.25) is 4.79 Å². The number of carbonyl (C=O) groups excluding carboxylic acids is 1. The highest BCUT2D eigenvalue weighted by molar-refractivity contribution is 6.12. The molecule has 174 valence electrons. The number of ketones is 1. The van der Waals surface area contributed by atoms with Gasteiger partial charge in [-0.05, 0) is 57.5 Å². The van der Waals surface area contributed by atoms with E-state index in [0.717, 1.165) is 34.6 Å². The molecule has 1 heterocycles. The molecular formula is C32H29NO2. The lowest BCUT2D eigenvalue weighted by Crippen LogP contribution is -2.33. The van der Waals surface area contributed by atoms with Crippen molar-refractivity contribution >= 4 is 27.8 Å². The van der Waals surface area contributed by atoms with E-state index >= 15 is 0 Å². The van der Waals surface area contributed by atoms with Gasteiger partial charge in [-0.15, -0.1) is 0 Å². The summed E-state index contributed by atoms with van der Waals surface area (Å²) in [6.07, 6.45) is 1.47. The van der Waals surface area contributed by atoms with Gasteiger partial charge in [0.25, 0.3) is 0 Å². The minimum Gasteiger partial charge on any atom is -0.489 e. The van der Waals surface area contributed by atoms with E-state index in [2.05, 4.69) is 79.8 Å². The Morgan fingerprint density at radius 1 is 0.857 bits per heavy atom. The number of Topliss-reactive ketones (excluding diaryl/α,β-unsaturated/α-hetero) is 1. The molecule has 1 aliphatic heterocycles. The maximum atomic E-state index is 13.6. The second kappa shape index (κ2) is 8.42. The third kappa shape index (κ3) is 4.01. The molecule has 6 rings (SSSR count). The fourth-order valence-corrected chi connectivity index (χ4v) is 5.58. The fraction of sp³-hybridized carbons (Fsp3) is 0.219. The molecule has 1 atom stereocenters. The van der Waals surface area contributed by atoms with Crippen LogP contribution in [-0.2, 0) is 11.4 Å². The van der Waals surface area contributed by atoms with Gasteiger partial charge in [-0.25, -0.2) is 0 Å². The van der Waals surface area contributed by atoms with Gasteiger partial charge in [0.15, 0.2) is 5.78 Å². The Kier molecular flexibility index (Phi) is 5.21. The molecule has 3 nitrogen and oxygen atoms in total. The molecule has 0 amide bonds. The van der Waals surface area contributed by atoms with E-state index in [0.29, 0.717) is 13.0 Å². The highest BCUT2D eigenvalue weighted by atomic mass is 16.5. The number of ether oxygens (including phenoxy) is 1. The first-order valence-electron chi connectivity index (χ1n) is 12.3. The maximum absolute atomic E-state index is 13.6. The van der Waals surface area contributed by atoms with E-state index in [1.165, 1.54) is 21.9 Å². The monoisotopic (exact) mass is 459 g/mol. The topological polar surface area (TPSA) is 38.3 Å². The molecule has 4 aromatic rings. The zero-order valence-electron chi connectivity index (χ0n) is 20.2. The lowest BCUT2D eigenvalue weighted by Gasteiger charge is -2.40. The average Bonchev–Trinajstić information content (AvgIpc) is 2.87. The van der Waals surface area contributed by atoms with Crippen LogP contribution in [0.15, 0.2) is 96.6 Å². The third-order valence-electron chi connectivity index (χ3n) is 7.20. The summed E-state index contributed by atoms with van der Waals surface area (Å²) < 4.78 is 5.99. The van der Waals surface area contributed by atoms with E-state index in [9.17, 15) is 4.79 Å². The van der Waals surface area contributed by atoms with Crippen molar-refractivity contribution in [3.05, 3.63) is 113 Å². The molecule has 0 spiro atoms. The summed E-state index contributed by atoms with van der Waals surface area (Å²) in [4.78, 5) is 13.6. The zero-order chi connectivity index (χ0) is 24.0. The van der Waals surface area contributed by atoms with Crippen molar-refractivity contribution in [2.75, 3.05) is 5.32 Å². The average molecular weight is 460 g/mol. The molecule has 0 saturated heterocycles. The van der Waals surface area contributed by atoms with E-state index in [1.807, 2.05) is 30.3 Å². The molecule has 0 fully saturated rings. The normalized spacial score (nSPS) is 18.6. The minimum atomic E-state index is -0.162. The molecule has 0 saturated carbocycles. The summed E-state index contributed by atoms with van der Waals surface area (Å²) in [7, 11) is 0. The van der Waals surface area contributed by atoms with E-state index in [4.69, 9.17) is 4.74 Å². The van der Waals surface area contributed by atoms with Crippen LogP contribution in [0.5, 0.6) is 5.75 Å². The Balaban J connectivity index is 1.39. The predicted octanol–water partition coefficient (Wildman–Crippen LogP) is 7.73. The molecule has 2 aliphatic rings. The molecule has 3 heteroatoms. The van der Waals surface area contributed by atoms with Gasteiger partial charge >= 0.3 is 0 Å². The highest BCUT2D eigenvalue weighted by Gasteiger charge is 2.40. The van der Waals surface area contributed by atoms with Crippen molar-refractivity contribution in [2.24, 2.45) is 5.41 Å². The summed E-state index contributed by atoms with van der Waals surface area (Å²) in [6, 6.07) is 31.0. The minimum absolute atomic E-state index is 0.0544. The van der Waals surface area contributed by atoms with Crippen LogP contribution < -0.4 is 10.1 Å². The summed E-state index contributed by atoms with van der Waals surface area (Å²) in [5.74, 6) is 1.07. The molecule has 1 aliphatic carbocycles. The number of allylic oxidation sites excluding steroid dienone is 1. The van der Waals surface area contributed by atoms with Gasteiger partial charge in [0.1, 0.15) is 12.4 Å². The van der Waals surface area contributed by atoms with Gasteiger partial charge in [-0.1, -0.05) is 86.6 Å². The largest absolute Gasteiger partial charge is 0.489 e. The fourth-order valence-electron chi connectivity index (χ4n) is 5.58. The molecule has 0 aromatic heterocycles. The van der Waals surface area contributed by atoms with Crippen molar-refractivity contribution in [2.45, 2.75) is 39.3 Å². The molecule has 0 bridgehead atoms. The third-order valence-corrected chi connectivity index (χ3v) is 7.20. The SMILES string of the molecule is CC1(C)CC(=O)C2=C(C1)c1c(ccc3ccccc13)N[C@H]2c1ccc(OCc2ccccc2)cc1. The van der Waals surface area contributed by atoms with Crippen LogP contribution in [0.25, 0.3) is 16.3 Å². The van der Waals surface area contributed by atoms with E-state index < -0.39 is 0 Å². The van der Waals surface area contributed by atoms with Crippen molar-refractivity contribution < 1.29 is 9.53 Å². The summed E-state index contributed by atoms with van der Waals surface area (Å²) in [5, 5.41) is 6.13. The van der Waals surface area contributed by atoms with Crippen molar-refractivity contribution in [1.82, 2.24) is 0 Å². The van der Waals surface area contributed by atoms with Crippen LogP contribution in [0.4, 0.5) is 5.69 Å². The predicted molar refractivity (Wildman–Crippen MR) is 142 cm³/mol. The standard InChI is InChI=1S/C32H29NO2/c1-32(2)18-26-29-25-11-7-6-10-22(25)14-17-27(29)33-31(30(26)28(34)19-32)23-12-15-24(16-13-23)35-20-21-8-4-3-5-9-21/h3-17,31,33H,18-20H2,1-2H3/t31-/m0/s1.